The number of rotatable bonds is 3. The van der Waals surface area contributed by atoms with Crippen molar-refractivity contribution in [2.24, 2.45) is 0 Å². The molecule has 0 radical (unpaired) electrons. The minimum absolute atomic E-state index is 0.176. The molecule has 1 aliphatic heterocycles. The highest BCUT2D eigenvalue weighted by molar-refractivity contribution is 6.37. The van der Waals surface area contributed by atoms with Crippen LogP contribution < -0.4 is 9.64 Å². The van der Waals surface area contributed by atoms with E-state index in [1.54, 1.807) is 49.4 Å². The first-order valence-electron chi connectivity index (χ1n) is 9.18. The summed E-state index contributed by atoms with van der Waals surface area (Å²) in [4.78, 5) is 31.9. The molecule has 0 fully saturated rings. The number of fused-ring (bicyclic) bond motifs is 3. The summed E-state index contributed by atoms with van der Waals surface area (Å²) < 4.78 is 21.0. The van der Waals surface area contributed by atoms with Gasteiger partial charge in [-0.05, 0) is 31.2 Å². The molecule has 2 aromatic heterocycles. The lowest BCUT2D eigenvalue weighted by atomic mass is 10.1. The van der Waals surface area contributed by atoms with Crippen LogP contribution in [0.25, 0.3) is 16.7 Å². The summed E-state index contributed by atoms with van der Waals surface area (Å²) in [6.45, 7) is 1.70. The maximum absolute atomic E-state index is 14.4. The Morgan fingerprint density at radius 1 is 0.967 bits per heavy atom. The highest BCUT2D eigenvalue weighted by Gasteiger charge is 2.41. The molecule has 0 saturated heterocycles. The number of nitrogens with zero attached hydrogens (tertiary/aromatic N) is 4. The van der Waals surface area contributed by atoms with Crippen molar-refractivity contribution >= 4 is 28.5 Å². The molecule has 3 heterocycles. The van der Waals surface area contributed by atoms with Crippen molar-refractivity contribution < 1.29 is 18.7 Å². The van der Waals surface area contributed by atoms with Crippen LogP contribution in [0, 0.1) is 12.7 Å². The van der Waals surface area contributed by atoms with E-state index in [1.165, 1.54) is 24.1 Å². The number of pyridine rings is 1. The first-order chi connectivity index (χ1) is 14.5. The first kappa shape index (κ1) is 18.0. The molecule has 0 spiro atoms. The van der Waals surface area contributed by atoms with Gasteiger partial charge in [-0.2, -0.15) is 5.10 Å². The Morgan fingerprint density at radius 2 is 1.67 bits per heavy atom. The van der Waals surface area contributed by atoms with Gasteiger partial charge in [0, 0.05) is 6.20 Å². The number of halogens is 1. The van der Waals surface area contributed by atoms with Crippen LogP contribution in [-0.2, 0) is 0 Å². The molecule has 8 heteroatoms. The van der Waals surface area contributed by atoms with E-state index in [-0.39, 0.29) is 16.8 Å². The predicted octanol–water partition coefficient (Wildman–Crippen LogP) is 3.68. The standard InChI is InChI=1S/C22H15FN4O3/c1-12-18-19-13(11-24-20(18)27(25-12)15-8-4-3-7-14(15)23)21(28)26(22(19)29)16-9-5-6-10-17(16)30-2/h3-11H,1-2H3. The van der Waals surface area contributed by atoms with Gasteiger partial charge in [0.1, 0.15) is 17.3 Å². The Morgan fingerprint density at radius 3 is 2.40 bits per heavy atom. The smallest absolute Gasteiger partial charge is 0.267 e. The second-order valence-electron chi connectivity index (χ2n) is 6.81. The van der Waals surface area contributed by atoms with Gasteiger partial charge in [-0.15, -0.1) is 0 Å². The second kappa shape index (κ2) is 6.48. The lowest BCUT2D eigenvalue weighted by Gasteiger charge is -2.16. The fourth-order valence-electron chi connectivity index (χ4n) is 3.79. The maximum atomic E-state index is 14.4. The summed E-state index contributed by atoms with van der Waals surface area (Å²) in [6, 6.07) is 12.9. The topological polar surface area (TPSA) is 77.3 Å². The van der Waals surface area contributed by atoms with Crippen LogP contribution in [-0.4, -0.2) is 33.7 Å². The van der Waals surface area contributed by atoms with Crippen molar-refractivity contribution in [2.75, 3.05) is 12.0 Å². The van der Waals surface area contributed by atoms with Gasteiger partial charge in [0.2, 0.25) is 0 Å². The molecule has 2 amide bonds. The molecule has 0 bridgehead atoms. The Balaban J connectivity index is 1.74. The van der Waals surface area contributed by atoms with Gasteiger partial charge >= 0.3 is 0 Å². The van der Waals surface area contributed by atoms with Crippen LogP contribution in [0.2, 0.25) is 0 Å². The van der Waals surface area contributed by atoms with Gasteiger partial charge in [0.15, 0.2) is 5.65 Å². The zero-order valence-electron chi connectivity index (χ0n) is 16.1. The number of imide groups is 1. The predicted molar refractivity (Wildman–Crippen MR) is 108 cm³/mol. The number of hydrogen-bond donors (Lipinski definition) is 0. The molecule has 0 atom stereocenters. The number of methoxy groups -OCH3 is 1. The fraction of sp³-hybridized carbons (Fsp3) is 0.0909. The van der Waals surface area contributed by atoms with E-state index in [0.717, 1.165) is 4.90 Å². The number of aromatic nitrogens is 3. The average Bonchev–Trinajstić information content (AvgIpc) is 3.22. The third-order valence-corrected chi connectivity index (χ3v) is 5.13. The van der Waals surface area contributed by atoms with E-state index in [4.69, 9.17) is 4.74 Å². The Kier molecular flexibility index (Phi) is 3.89. The fourth-order valence-corrected chi connectivity index (χ4v) is 3.79. The number of para-hydroxylation sites is 3. The molecule has 5 rings (SSSR count). The molecule has 0 unspecified atom stereocenters. The van der Waals surface area contributed by atoms with Gasteiger partial charge in [-0.1, -0.05) is 24.3 Å². The van der Waals surface area contributed by atoms with Crippen LogP contribution in [0.4, 0.5) is 10.1 Å². The molecule has 148 valence electrons. The normalized spacial score (nSPS) is 13.2. The lowest BCUT2D eigenvalue weighted by Crippen LogP contribution is -2.29. The van der Waals surface area contributed by atoms with Crippen molar-refractivity contribution in [1.82, 2.24) is 14.8 Å². The number of carbonyl (C=O) groups excluding carboxylic acids is 2. The quantitative estimate of drug-likeness (QED) is 0.489. The molecular weight excluding hydrogens is 387 g/mol. The van der Waals surface area contributed by atoms with E-state index in [1.807, 2.05) is 0 Å². The molecule has 0 aliphatic carbocycles. The number of anilines is 1. The van der Waals surface area contributed by atoms with Crippen LogP contribution in [0.3, 0.4) is 0 Å². The maximum Gasteiger partial charge on any atom is 0.267 e. The Bertz CT molecular complexity index is 1360. The van der Waals surface area contributed by atoms with Crippen LogP contribution in [0.15, 0.2) is 54.7 Å². The van der Waals surface area contributed by atoms with Crippen molar-refractivity contribution in [2.45, 2.75) is 6.92 Å². The van der Waals surface area contributed by atoms with Crippen LogP contribution >= 0.6 is 0 Å². The minimum atomic E-state index is -0.497. The van der Waals surface area contributed by atoms with E-state index in [9.17, 15) is 14.0 Å². The number of benzene rings is 2. The van der Waals surface area contributed by atoms with Gasteiger partial charge in [-0.25, -0.2) is 19.0 Å². The summed E-state index contributed by atoms with van der Waals surface area (Å²) in [5.74, 6) is -1.06. The van der Waals surface area contributed by atoms with Crippen molar-refractivity contribution in [3.05, 3.63) is 77.4 Å². The third kappa shape index (κ3) is 2.37. The highest BCUT2D eigenvalue weighted by atomic mass is 19.1. The van der Waals surface area contributed by atoms with Gasteiger partial charge < -0.3 is 4.74 Å². The van der Waals surface area contributed by atoms with Crippen molar-refractivity contribution in [3.63, 3.8) is 0 Å². The summed E-state index contributed by atoms with van der Waals surface area (Å²) in [5, 5.41) is 4.82. The summed E-state index contributed by atoms with van der Waals surface area (Å²) in [6.07, 6.45) is 1.34. The molecule has 4 aromatic rings. The minimum Gasteiger partial charge on any atom is -0.495 e. The van der Waals surface area contributed by atoms with Gasteiger partial charge in [0.25, 0.3) is 11.8 Å². The number of aryl methyl sites for hydroxylation is 1. The summed E-state index contributed by atoms with van der Waals surface area (Å²) in [7, 11) is 1.47. The number of ether oxygens (including phenoxy) is 1. The Hall–Kier alpha value is -4.07. The molecule has 2 aromatic carbocycles. The van der Waals surface area contributed by atoms with E-state index in [2.05, 4.69) is 10.1 Å². The zero-order chi connectivity index (χ0) is 21.0. The largest absolute Gasteiger partial charge is 0.495 e. The molecule has 0 saturated carbocycles. The summed E-state index contributed by atoms with van der Waals surface area (Å²) >= 11 is 0. The van der Waals surface area contributed by atoms with E-state index < -0.39 is 17.6 Å². The van der Waals surface area contributed by atoms with E-state index >= 15 is 0 Å². The van der Waals surface area contributed by atoms with Gasteiger partial charge in [0.05, 0.1) is 35.0 Å². The number of amides is 2. The number of hydrogen-bond acceptors (Lipinski definition) is 5. The Labute approximate surface area is 170 Å². The monoisotopic (exact) mass is 402 g/mol. The lowest BCUT2D eigenvalue weighted by molar-refractivity contribution is 0.0925. The molecule has 30 heavy (non-hydrogen) atoms. The van der Waals surface area contributed by atoms with Crippen LogP contribution in [0.1, 0.15) is 26.4 Å². The molecular formula is C22H15FN4O3. The zero-order valence-corrected chi connectivity index (χ0v) is 16.1. The van der Waals surface area contributed by atoms with Crippen LogP contribution in [0.5, 0.6) is 5.75 Å². The second-order valence-corrected chi connectivity index (χ2v) is 6.81. The first-order valence-corrected chi connectivity index (χ1v) is 9.18. The molecule has 0 N–H and O–H groups in total. The highest BCUT2D eigenvalue weighted by Crippen LogP contribution is 2.38. The van der Waals surface area contributed by atoms with Gasteiger partial charge in [-0.3, -0.25) is 9.59 Å². The average molecular weight is 402 g/mol. The van der Waals surface area contributed by atoms with E-state index in [0.29, 0.717) is 28.2 Å². The van der Waals surface area contributed by atoms with Crippen molar-refractivity contribution in [1.29, 1.82) is 0 Å². The molecule has 7 nitrogen and oxygen atoms in total. The SMILES string of the molecule is COc1ccccc1N1C(=O)c2cnc3c(c(C)nn3-c3ccccc3F)c2C1=O. The molecule has 1 aliphatic rings. The third-order valence-electron chi connectivity index (χ3n) is 5.13. The van der Waals surface area contributed by atoms with Crippen molar-refractivity contribution in [3.8, 4) is 11.4 Å². The summed E-state index contributed by atoms with van der Waals surface area (Å²) in [5.41, 5.74) is 1.71. The number of carbonyl (C=O) groups is 2.